The third-order valence-electron chi connectivity index (χ3n) is 4.76. The summed E-state index contributed by atoms with van der Waals surface area (Å²) in [6.45, 7) is 1.55. The van der Waals surface area contributed by atoms with Gasteiger partial charge in [-0.05, 0) is 61.4 Å². The van der Waals surface area contributed by atoms with Crippen molar-refractivity contribution < 1.29 is 27.8 Å². The number of carbonyl (C=O) groups excluding carboxylic acids is 1. The van der Waals surface area contributed by atoms with Crippen LogP contribution in [0.25, 0.3) is 6.08 Å². The van der Waals surface area contributed by atoms with Crippen molar-refractivity contribution in [2.45, 2.75) is 39.0 Å². The molecule has 0 saturated carbocycles. The van der Waals surface area contributed by atoms with E-state index >= 15 is 0 Å². The van der Waals surface area contributed by atoms with Crippen molar-refractivity contribution in [1.29, 1.82) is 5.26 Å². The largest absolute Gasteiger partial charge is 0.493 e. The van der Waals surface area contributed by atoms with Gasteiger partial charge in [0.2, 0.25) is 0 Å². The Labute approximate surface area is 196 Å². The number of nitrogens with one attached hydrogen (secondary N) is 1. The zero-order valence-corrected chi connectivity index (χ0v) is 19.3. The maximum absolute atomic E-state index is 12.4. The van der Waals surface area contributed by atoms with Gasteiger partial charge >= 0.3 is 6.61 Å². The quantitative estimate of drug-likeness (QED) is 0.347. The van der Waals surface area contributed by atoms with Crippen LogP contribution >= 0.6 is 11.6 Å². The number of ether oxygens (including phenoxy) is 3. The fraction of sp³-hybridized carbons (Fsp3) is 0.333. The number of nitrogens with zero attached hydrogens (tertiary/aromatic N) is 1. The van der Waals surface area contributed by atoms with E-state index in [2.05, 4.69) is 10.1 Å². The highest BCUT2D eigenvalue weighted by Crippen LogP contribution is 2.25. The molecular formula is C24H25ClF2N2O4. The summed E-state index contributed by atoms with van der Waals surface area (Å²) < 4.78 is 39.7. The smallest absolute Gasteiger partial charge is 0.387 e. The predicted molar refractivity (Wildman–Crippen MR) is 121 cm³/mol. The minimum absolute atomic E-state index is 0.0159. The molecule has 1 amide bonds. The summed E-state index contributed by atoms with van der Waals surface area (Å²) in [7, 11) is 1.64. The molecule has 0 radical (unpaired) electrons. The van der Waals surface area contributed by atoms with Crippen LogP contribution in [0.2, 0.25) is 5.02 Å². The summed E-state index contributed by atoms with van der Waals surface area (Å²) in [5.74, 6) is -0.0166. The number of halogens is 3. The van der Waals surface area contributed by atoms with E-state index in [0.29, 0.717) is 34.9 Å². The third kappa shape index (κ3) is 8.72. The van der Waals surface area contributed by atoms with E-state index < -0.39 is 12.5 Å². The first kappa shape index (κ1) is 26.1. The van der Waals surface area contributed by atoms with Gasteiger partial charge in [0.25, 0.3) is 5.91 Å². The minimum atomic E-state index is -2.91. The van der Waals surface area contributed by atoms with Crippen molar-refractivity contribution in [3.05, 3.63) is 64.2 Å². The van der Waals surface area contributed by atoms with E-state index in [-0.39, 0.29) is 23.5 Å². The van der Waals surface area contributed by atoms with E-state index in [1.807, 2.05) is 19.9 Å². The number of nitriles is 1. The molecule has 2 rings (SSSR count). The molecule has 9 heteroatoms. The Morgan fingerprint density at radius 1 is 1.21 bits per heavy atom. The average molecular weight is 479 g/mol. The Bertz CT molecular complexity index is 1020. The van der Waals surface area contributed by atoms with Crippen molar-refractivity contribution in [2.24, 2.45) is 0 Å². The first-order valence-electron chi connectivity index (χ1n) is 10.0. The summed E-state index contributed by atoms with van der Waals surface area (Å²) in [6, 6.07) is 12.6. The molecule has 176 valence electrons. The van der Waals surface area contributed by atoms with Crippen molar-refractivity contribution in [3.63, 3.8) is 0 Å². The number of carbonyl (C=O) groups is 1. The molecule has 2 aromatic carbocycles. The maximum Gasteiger partial charge on any atom is 0.387 e. The lowest BCUT2D eigenvalue weighted by molar-refractivity contribution is -0.117. The number of hydrogen-bond donors (Lipinski definition) is 1. The molecule has 1 N–H and O–H groups in total. The van der Waals surface area contributed by atoms with Gasteiger partial charge in [-0.1, -0.05) is 23.7 Å². The predicted octanol–water partition coefficient (Wildman–Crippen LogP) is 5.36. The van der Waals surface area contributed by atoms with Gasteiger partial charge in [-0.15, -0.1) is 0 Å². The molecule has 0 aliphatic carbocycles. The monoisotopic (exact) mass is 478 g/mol. The van der Waals surface area contributed by atoms with Crippen LogP contribution in [0, 0.1) is 11.3 Å². The second kappa shape index (κ2) is 12.2. The zero-order chi connectivity index (χ0) is 24.4. The summed E-state index contributed by atoms with van der Waals surface area (Å²) in [4.78, 5) is 12.4. The normalized spacial score (nSPS) is 11.8. The van der Waals surface area contributed by atoms with Crippen LogP contribution in [0.15, 0.2) is 48.0 Å². The number of benzene rings is 2. The summed E-state index contributed by atoms with van der Waals surface area (Å²) in [6.07, 6.45) is 2.07. The SMILES string of the molecule is COC(C)(C)CCOc1ccc(/C=C(\C#N)C(=O)NCc2ccc(OC(F)F)cc2)c(Cl)c1. The van der Waals surface area contributed by atoms with Crippen LogP contribution in [0.5, 0.6) is 11.5 Å². The lowest BCUT2D eigenvalue weighted by atomic mass is 10.1. The molecule has 0 bridgehead atoms. The molecular weight excluding hydrogens is 454 g/mol. The van der Waals surface area contributed by atoms with E-state index in [0.717, 1.165) is 0 Å². The van der Waals surface area contributed by atoms with Gasteiger partial charge < -0.3 is 19.5 Å². The molecule has 6 nitrogen and oxygen atoms in total. The second-order valence-corrected chi connectivity index (χ2v) is 8.03. The molecule has 0 saturated heterocycles. The zero-order valence-electron chi connectivity index (χ0n) is 18.5. The van der Waals surface area contributed by atoms with Crippen LogP contribution in [-0.4, -0.2) is 31.8 Å². The van der Waals surface area contributed by atoms with Crippen LogP contribution in [0.3, 0.4) is 0 Å². The highest BCUT2D eigenvalue weighted by Gasteiger charge is 2.16. The Morgan fingerprint density at radius 2 is 1.88 bits per heavy atom. The molecule has 0 atom stereocenters. The standard InChI is InChI=1S/C24H25ClF2N2O4/c1-24(2,31-3)10-11-32-20-9-6-17(21(25)13-20)12-18(14-28)22(30)29-15-16-4-7-19(8-5-16)33-23(26)27/h4-9,12-13,23H,10-11,15H2,1-3H3,(H,29,30)/b18-12+. The Hall–Kier alpha value is -3.15. The van der Waals surface area contributed by atoms with Crippen molar-refractivity contribution >= 4 is 23.6 Å². The highest BCUT2D eigenvalue weighted by atomic mass is 35.5. The van der Waals surface area contributed by atoms with Gasteiger partial charge in [-0.2, -0.15) is 14.0 Å². The number of amides is 1. The molecule has 0 aliphatic heterocycles. The Balaban J connectivity index is 1.98. The van der Waals surface area contributed by atoms with E-state index in [1.54, 1.807) is 25.3 Å². The first-order chi connectivity index (χ1) is 15.6. The molecule has 2 aromatic rings. The van der Waals surface area contributed by atoms with Gasteiger partial charge in [-0.25, -0.2) is 0 Å². The number of rotatable bonds is 11. The number of alkyl halides is 2. The van der Waals surface area contributed by atoms with E-state index in [4.69, 9.17) is 21.1 Å². The molecule has 0 aliphatic rings. The highest BCUT2D eigenvalue weighted by molar-refractivity contribution is 6.32. The second-order valence-electron chi connectivity index (χ2n) is 7.62. The van der Waals surface area contributed by atoms with Crippen LogP contribution in [0.1, 0.15) is 31.4 Å². The molecule has 33 heavy (non-hydrogen) atoms. The first-order valence-corrected chi connectivity index (χ1v) is 10.4. The summed E-state index contributed by atoms with van der Waals surface area (Å²) in [5.41, 5.74) is 0.702. The molecule has 0 heterocycles. The van der Waals surface area contributed by atoms with Crippen LogP contribution in [0.4, 0.5) is 8.78 Å². The van der Waals surface area contributed by atoms with Crippen LogP contribution < -0.4 is 14.8 Å². The average Bonchev–Trinajstić information content (AvgIpc) is 2.77. The topological polar surface area (TPSA) is 80.6 Å². The van der Waals surface area contributed by atoms with Crippen molar-refractivity contribution in [1.82, 2.24) is 5.32 Å². The van der Waals surface area contributed by atoms with E-state index in [9.17, 15) is 18.8 Å². The van der Waals surface area contributed by atoms with Gasteiger partial charge in [0.1, 0.15) is 23.1 Å². The molecule has 0 fully saturated rings. The van der Waals surface area contributed by atoms with E-state index in [1.165, 1.54) is 30.3 Å². The Kier molecular flexibility index (Phi) is 9.64. The van der Waals surface area contributed by atoms with Crippen molar-refractivity contribution in [2.75, 3.05) is 13.7 Å². The third-order valence-corrected chi connectivity index (χ3v) is 5.09. The van der Waals surface area contributed by atoms with Crippen LogP contribution in [-0.2, 0) is 16.1 Å². The summed E-state index contributed by atoms with van der Waals surface area (Å²) in [5, 5.41) is 12.3. The van der Waals surface area contributed by atoms with Crippen molar-refractivity contribution in [3.8, 4) is 17.6 Å². The summed E-state index contributed by atoms with van der Waals surface area (Å²) >= 11 is 6.30. The number of hydrogen-bond acceptors (Lipinski definition) is 5. The fourth-order valence-electron chi connectivity index (χ4n) is 2.60. The number of methoxy groups -OCH3 is 1. The Morgan fingerprint density at radius 3 is 2.45 bits per heavy atom. The minimum Gasteiger partial charge on any atom is -0.493 e. The van der Waals surface area contributed by atoms with Gasteiger partial charge in [0, 0.05) is 20.1 Å². The molecule has 0 aromatic heterocycles. The molecule has 0 unspecified atom stereocenters. The lowest BCUT2D eigenvalue weighted by Crippen LogP contribution is -2.25. The maximum atomic E-state index is 12.4. The lowest BCUT2D eigenvalue weighted by Gasteiger charge is -2.22. The van der Waals surface area contributed by atoms with Gasteiger partial charge in [-0.3, -0.25) is 4.79 Å². The fourth-order valence-corrected chi connectivity index (χ4v) is 2.83. The molecule has 0 spiro atoms. The van der Waals surface area contributed by atoms with Gasteiger partial charge in [0.15, 0.2) is 0 Å². The van der Waals surface area contributed by atoms with Gasteiger partial charge in [0.05, 0.1) is 17.2 Å².